The second-order valence-electron chi connectivity index (χ2n) is 6.83. The molecule has 0 aromatic heterocycles. The van der Waals surface area contributed by atoms with Crippen LogP contribution in [0.2, 0.25) is 0 Å². The normalized spacial score (nSPS) is 10.3. The number of hydrogen-bond donors (Lipinski definition) is 3. The van der Waals surface area contributed by atoms with E-state index in [1.807, 2.05) is 19.9 Å². The monoisotopic (exact) mass is 413 g/mol. The van der Waals surface area contributed by atoms with Gasteiger partial charge in [-0.15, -0.1) is 0 Å². The van der Waals surface area contributed by atoms with E-state index in [4.69, 9.17) is 17.0 Å². The van der Waals surface area contributed by atoms with Gasteiger partial charge in [0.1, 0.15) is 5.75 Å². The van der Waals surface area contributed by atoms with Gasteiger partial charge in [0.2, 0.25) is 5.91 Å². The maximum Gasteiger partial charge on any atom is 0.261 e. The smallest absolute Gasteiger partial charge is 0.261 e. The average Bonchev–Trinajstić information content (AvgIpc) is 2.69. The fraction of sp³-hybridized carbons (Fsp3) is 0.318. The van der Waals surface area contributed by atoms with Gasteiger partial charge in [-0.05, 0) is 55.0 Å². The Labute approximate surface area is 177 Å². The Hall–Kier alpha value is -2.93. The predicted molar refractivity (Wildman–Crippen MR) is 120 cm³/mol. The summed E-state index contributed by atoms with van der Waals surface area (Å²) in [5.74, 6) is 0.0552. The van der Waals surface area contributed by atoms with Crippen molar-refractivity contribution in [3.05, 3.63) is 54.1 Å². The number of carbonyl (C=O) groups is 2. The molecule has 3 N–H and O–H groups in total. The molecule has 29 heavy (non-hydrogen) atoms. The standard InChI is InChI=1S/C22H27N3O3S/c1-4-5-14-28-19-9-7-6-8-18(19)21(27)25-22(29)24-17-12-10-16(11-13-17)23-20(26)15(2)3/h6-13,15H,4-5,14H2,1-3H3,(H,23,26)(H2,24,25,27,29). The lowest BCUT2D eigenvalue weighted by molar-refractivity contribution is -0.118. The third kappa shape index (κ3) is 7.19. The van der Waals surface area contributed by atoms with Crippen LogP contribution in [0.4, 0.5) is 11.4 Å². The van der Waals surface area contributed by atoms with Crippen molar-refractivity contribution < 1.29 is 14.3 Å². The molecule has 0 saturated heterocycles. The van der Waals surface area contributed by atoms with Gasteiger partial charge in [-0.2, -0.15) is 0 Å². The van der Waals surface area contributed by atoms with Crippen LogP contribution < -0.4 is 20.7 Å². The Balaban J connectivity index is 1.94. The second-order valence-corrected chi connectivity index (χ2v) is 7.24. The summed E-state index contributed by atoms with van der Waals surface area (Å²) >= 11 is 5.25. The summed E-state index contributed by atoms with van der Waals surface area (Å²) in [6.07, 6.45) is 1.94. The Kier molecular flexibility index (Phi) is 8.61. The lowest BCUT2D eigenvalue weighted by Crippen LogP contribution is -2.34. The molecule has 2 aromatic rings. The number of carbonyl (C=O) groups excluding carboxylic acids is 2. The third-order valence-corrected chi connectivity index (χ3v) is 4.25. The fourth-order valence-corrected chi connectivity index (χ4v) is 2.57. The molecular weight excluding hydrogens is 386 g/mol. The highest BCUT2D eigenvalue weighted by atomic mass is 32.1. The first kappa shape index (κ1) is 22.4. The van der Waals surface area contributed by atoms with Gasteiger partial charge < -0.3 is 15.4 Å². The largest absolute Gasteiger partial charge is 0.493 e. The molecule has 0 saturated carbocycles. The predicted octanol–water partition coefficient (Wildman–Crippen LogP) is 4.59. The summed E-state index contributed by atoms with van der Waals surface area (Å²) in [7, 11) is 0. The van der Waals surface area contributed by atoms with E-state index in [0.717, 1.165) is 12.8 Å². The van der Waals surface area contributed by atoms with Crippen LogP contribution in [0.3, 0.4) is 0 Å². The SMILES string of the molecule is CCCCOc1ccccc1C(=O)NC(=S)Nc1ccc(NC(=O)C(C)C)cc1. The van der Waals surface area contributed by atoms with Crippen LogP contribution in [0.25, 0.3) is 0 Å². The topological polar surface area (TPSA) is 79.5 Å². The van der Waals surface area contributed by atoms with Gasteiger partial charge in [0, 0.05) is 17.3 Å². The molecule has 0 spiro atoms. The summed E-state index contributed by atoms with van der Waals surface area (Å²) in [4.78, 5) is 24.3. The van der Waals surface area contributed by atoms with Gasteiger partial charge in [0.05, 0.1) is 12.2 Å². The number of thiocarbonyl (C=S) groups is 1. The zero-order valence-corrected chi connectivity index (χ0v) is 17.8. The molecule has 2 amide bonds. The summed E-state index contributed by atoms with van der Waals surface area (Å²) in [5, 5.41) is 8.63. The fourth-order valence-electron chi connectivity index (χ4n) is 2.36. The number of para-hydroxylation sites is 1. The molecule has 2 aromatic carbocycles. The number of amides is 2. The van der Waals surface area contributed by atoms with Gasteiger partial charge >= 0.3 is 0 Å². The Morgan fingerprint density at radius 1 is 1.00 bits per heavy atom. The minimum atomic E-state index is -0.338. The zero-order valence-electron chi connectivity index (χ0n) is 17.0. The second kappa shape index (κ2) is 11.2. The molecule has 0 bridgehead atoms. The van der Waals surface area contributed by atoms with E-state index < -0.39 is 0 Å². The van der Waals surface area contributed by atoms with E-state index in [1.165, 1.54) is 0 Å². The minimum Gasteiger partial charge on any atom is -0.493 e. The van der Waals surface area contributed by atoms with Gasteiger partial charge in [-0.25, -0.2) is 0 Å². The Morgan fingerprint density at radius 2 is 1.62 bits per heavy atom. The summed E-state index contributed by atoms with van der Waals surface area (Å²) < 4.78 is 5.70. The molecule has 0 aliphatic carbocycles. The van der Waals surface area contributed by atoms with Crippen molar-refractivity contribution in [2.24, 2.45) is 5.92 Å². The van der Waals surface area contributed by atoms with E-state index in [-0.39, 0.29) is 22.8 Å². The number of anilines is 2. The number of nitrogens with one attached hydrogen (secondary N) is 3. The first-order valence-electron chi connectivity index (χ1n) is 9.65. The van der Waals surface area contributed by atoms with E-state index in [2.05, 4.69) is 22.9 Å². The van der Waals surface area contributed by atoms with E-state index in [0.29, 0.717) is 29.3 Å². The first-order chi connectivity index (χ1) is 13.9. The molecule has 0 radical (unpaired) electrons. The van der Waals surface area contributed by atoms with Crippen molar-refractivity contribution in [2.75, 3.05) is 17.2 Å². The third-order valence-electron chi connectivity index (χ3n) is 4.05. The quantitative estimate of drug-likeness (QED) is 0.436. The molecule has 0 heterocycles. The van der Waals surface area contributed by atoms with Crippen molar-refractivity contribution in [1.82, 2.24) is 5.32 Å². The van der Waals surface area contributed by atoms with Crippen LogP contribution in [0.15, 0.2) is 48.5 Å². The van der Waals surface area contributed by atoms with Crippen molar-refractivity contribution in [2.45, 2.75) is 33.6 Å². The van der Waals surface area contributed by atoms with E-state index >= 15 is 0 Å². The van der Waals surface area contributed by atoms with Crippen LogP contribution in [-0.4, -0.2) is 23.5 Å². The Bertz CT molecular complexity index is 851. The summed E-state index contributed by atoms with van der Waals surface area (Å²) in [5.41, 5.74) is 1.83. The number of benzene rings is 2. The number of rotatable bonds is 8. The van der Waals surface area contributed by atoms with Gasteiger partial charge in [0.25, 0.3) is 5.91 Å². The lowest BCUT2D eigenvalue weighted by Gasteiger charge is -2.13. The van der Waals surface area contributed by atoms with Gasteiger partial charge in [0.15, 0.2) is 5.11 Å². The molecule has 0 aliphatic rings. The maximum absolute atomic E-state index is 12.6. The zero-order chi connectivity index (χ0) is 21.2. The molecule has 0 aliphatic heterocycles. The Morgan fingerprint density at radius 3 is 2.24 bits per heavy atom. The van der Waals surface area contributed by atoms with E-state index in [1.54, 1.807) is 42.5 Å². The van der Waals surface area contributed by atoms with Crippen LogP contribution in [0.1, 0.15) is 44.0 Å². The average molecular weight is 414 g/mol. The number of ether oxygens (including phenoxy) is 1. The van der Waals surface area contributed by atoms with Crippen LogP contribution >= 0.6 is 12.2 Å². The summed E-state index contributed by atoms with van der Waals surface area (Å²) in [6, 6.07) is 14.2. The van der Waals surface area contributed by atoms with Crippen molar-refractivity contribution in [3.63, 3.8) is 0 Å². The van der Waals surface area contributed by atoms with Crippen LogP contribution in [0, 0.1) is 5.92 Å². The molecule has 0 fully saturated rings. The van der Waals surface area contributed by atoms with Gasteiger partial charge in [-0.1, -0.05) is 39.3 Å². The maximum atomic E-state index is 12.6. The van der Waals surface area contributed by atoms with E-state index in [9.17, 15) is 9.59 Å². The molecule has 0 unspecified atom stereocenters. The highest BCUT2D eigenvalue weighted by molar-refractivity contribution is 7.80. The minimum absolute atomic E-state index is 0.0479. The number of hydrogen-bond acceptors (Lipinski definition) is 4. The first-order valence-corrected chi connectivity index (χ1v) is 10.1. The van der Waals surface area contributed by atoms with Crippen molar-refractivity contribution in [3.8, 4) is 5.75 Å². The van der Waals surface area contributed by atoms with Crippen LogP contribution in [0.5, 0.6) is 5.75 Å². The highest BCUT2D eigenvalue weighted by Crippen LogP contribution is 2.19. The molecular formula is C22H27N3O3S. The number of unbranched alkanes of at least 4 members (excludes halogenated alkanes) is 1. The summed E-state index contributed by atoms with van der Waals surface area (Å²) in [6.45, 7) is 6.30. The van der Waals surface area contributed by atoms with Crippen LogP contribution in [-0.2, 0) is 4.79 Å². The molecule has 0 atom stereocenters. The molecule has 2 rings (SSSR count). The highest BCUT2D eigenvalue weighted by Gasteiger charge is 2.14. The van der Waals surface area contributed by atoms with Gasteiger partial charge in [-0.3, -0.25) is 14.9 Å². The molecule has 154 valence electrons. The van der Waals surface area contributed by atoms with Crippen molar-refractivity contribution >= 4 is 40.5 Å². The molecule has 6 nitrogen and oxygen atoms in total. The lowest BCUT2D eigenvalue weighted by atomic mass is 10.2. The van der Waals surface area contributed by atoms with Crippen molar-refractivity contribution in [1.29, 1.82) is 0 Å². The molecule has 7 heteroatoms.